The Morgan fingerprint density at radius 1 is 1.13 bits per heavy atom. The van der Waals surface area contributed by atoms with E-state index in [2.05, 4.69) is 14.9 Å². The molecule has 0 N–H and O–H groups in total. The van der Waals surface area contributed by atoms with Gasteiger partial charge in [0.2, 0.25) is 0 Å². The summed E-state index contributed by atoms with van der Waals surface area (Å²) < 4.78 is 4.64. The predicted molar refractivity (Wildman–Crippen MR) is 54.2 cm³/mol. The van der Waals surface area contributed by atoms with Crippen LogP contribution in [0.3, 0.4) is 0 Å². The molecular weight excluding hydrogens is 190 g/mol. The minimum atomic E-state index is 0.246. The van der Waals surface area contributed by atoms with Crippen molar-refractivity contribution < 1.29 is 4.63 Å². The number of hydrogen-bond acceptors (Lipinski definition) is 3. The fraction of sp³-hybridized carbons (Fsp3) is 0.818. The Kier molecular flexibility index (Phi) is 2.44. The molecule has 1 aliphatic heterocycles. The highest BCUT2D eigenvalue weighted by molar-refractivity contribution is 5.02. The van der Waals surface area contributed by atoms with Gasteiger partial charge in [-0.05, 0) is 31.6 Å². The maximum atomic E-state index is 4.88. The summed E-state index contributed by atoms with van der Waals surface area (Å²) in [5.41, 5.74) is 0.916. The van der Waals surface area contributed by atoms with E-state index >= 15 is 0 Å². The van der Waals surface area contributed by atoms with Crippen molar-refractivity contribution in [2.24, 2.45) is 5.92 Å². The molecule has 1 aromatic heterocycles. The Labute approximate surface area is 89.4 Å². The van der Waals surface area contributed by atoms with E-state index in [0.29, 0.717) is 6.04 Å². The van der Waals surface area contributed by atoms with E-state index in [4.69, 9.17) is 5.32 Å². The first-order valence-electron chi connectivity index (χ1n) is 5.91. The van der Waals surface area contributed by atoms with Crippen molar-refractivity contribution in [3.63, 3.8) is 0 Å². The van der Waals surface area contributed by atoms with Gasteiger partial charge in [0.25, 0.3) is 0 Å². The van der Waals surface area contributed by atoms with Crippen molar-refractivity contribution in [1.29, 1.82) is 0 Å². The molecule has 81 valence electrons. The summed E-state index contributed by atoms with van der Waals surface area (Å²) >= 11 is 0. The maximum absolute atomic E-state index is 4.88. The maximum Gasteiger partial charge on any atom is 0.123 e. The third-order valence-electron chi connectivity index (χ3n) is 3.77. The lowest BCUT2D eigenvalue weighted by atomic mass is 9.77. The van der Waals surface area contributed by atoms with Gasteiger partial charge < -0.3 is 0 Å². The largest absolute Gasteiger partial charge is 0.244 e. The SMILES string of the molecule is c1nonc1C1CCC2CCCCC2[N]1. The molecule has 1 radical (unpaired) electrons. The Balaban J connectivity index is 1.70. The first-order chi connectivity index (χ1) is 7.43. The molecule has 3 rings (SSSR count). The normalized spacial score (nSPS) is 36.1. The van der Waals surface area contributed by atoms with Crippen LogP contribution in [0.15, 0.2) is 10.8 Å². The summed E-state index contributed by atoms with van der Waals surface area (Å²) in [6.45, 7) is 0. The van der Waals surface area contributed by atoms with Gasteiger partial charge in [0.15, 0.2) is 0 Å². The van der Waals surface area contributed by atoms with Crippen molar-refractivity contribution in [3.8, 4) is 0 Å². The average Bonchev–Trinajstić information content (AvgIpc) is 2.82. The molecule has 2 fully saturated rings. The van der Waals surface area contributed by atoms with Gasteiger partial charge >= 0.3 is 0 Å². The third kappa shape index (κ3) is 1.78. The number of hydrogen-bond donors (Lipinski definition) is 0. The first-order valence-corrected chi connectivity index (χ1v) is 5.91. The molecular formula is C11H16N3O. The molecule has 2 aliphatic rings. The van der Waals surface area contributed by atoms with E-state index in [1.807, 2.05) is 0 Å². The third-order valence-corrected chi connectivity index (χ3v) is 3.77. The molecule has 1 aromatic rings. The molecule has 15 heavy (non-hydrogen) atoms. The zero-order valence-corrected chi connectivity index (χ0v) is 8.80. The zero-order valence-electron chi connectivity index (χ0n) is 8.80. The van der Waals surface area contributed by atoms with Crippen molar-refractivity contribution in [3.05, 3.63) is 11.9 Å². The lowest BCUT2D eigenvalue weighted by Crippen LogP contribution is -2.40. The molecule has 2 heterocycles. The number of piperidine rings is 1. The molecule has 0 amide bonds. The average molecular weight is 206 g/mol. The Morgan fingerprint density at radius 2 is 2.07 bits per heavy atom. The lowest BCUT2D eigenvalue weighted by Gasteiger charge is -2.38. The van der Waals surface area contributed by atoms with Crippen molar-refractivity contribution in [2.45, 2.75) is 50.6 Å². The summed E-state index contributed by atoms with van der Waals surface area (Å²) in [6, 6.07) is 0.824. The van der Waals surface area contributed by atoms with Crippen molar-refractivity contribution >= 4 is 0 Å². The van der Waals surface area contributed by atoms with E-state index in [9.17, 15) is 0 Å². The van der Waals surface area contributed by atoms with Crippen LogP contribution < -0.4 is 5.32 Å². The van der Waals surface area contributed by atoms with E-state index < -0.39 is 0 Å². The van der Waals surface area contributed by atoms with Crippen molar-refractivity contribution in [1.82, 2.24) is 15.6 Å². The fourth-order valence-corrected chi connectivity index (χ4v) is 2.94. The summed E-state index contributed by atoms with van der Waals surface area (Å²) in [5.74, 6) is 0.842. The minimum Gasteiger partial charge on any atom is -0.244 e. The van der Waals surface area contributed by atoms with Gasteiger partial charge in [-0.2, -0.15) is 0 Å². The molecule has 1 aliphatic carbocycles. The van der Waals surface area contributed by atoms with Crippen LogP contribution in [0, 0.1) is 5.92 Å². The van der Waals surface area contributed by atoms with Crippen LogP contribution in [0.1, 0.15) is 50.3 Å². The van der Waals surface area contributed by atoms with Crippen LogP contribution >= 0.6 is 0 Å². The zero-order chi connectivity index (χ0) is 10.1. The summed E-state index contributed by atoms with van der Waals surface area (Å²) in [5, 5.41) is 12.4. The van der Waals surface area contributed by atoms with E-state index in [0.717, 1.165) is 18.0 Å². The molecule has 1 saturated carbocycles. The quantitative estimate of drug-likeness (QED) is 0.706. The number of rotatable bonds is 1. The molecule has 4 nitrogen and oxygen atoms in total. The van der Waals surface area contributed by atoms with E-state index in [1.165, 1.54) is 32.1 Å². The Morgan fingerprint density at radius 3 is 2.93 bits per heavy atom. The predicted octanol–water partition coefficient (Wildman–Crippen LogP) is 2.07. The number of fused-ring (bicyclic) bond motifs is 1. The second-order valence-corrected chi connectivity index (χ2v) is 4.69. The molecule has 0 bridgehead atoms. The molecule has 1 saturated heterocycles. The minimum absolute atomic E-state index is 0.246. The van der Waals surface area contributed by atoms with Gasteiger partial charge in [-0.3, -0.25) is 0 Å². The summed E-state index contributed by atoms with van der Waals surface area (Å²) in [6.07, 6.45) is 9.50. The second kappa shape index (κ2) is 3.93. The van der Waals surface area contributed by atoms with Crippen LogP contribution in [-0.2, 0) is 0 Å². The highest BCUT2D eigenvalue weighted by atomic mass is 16.6. The van der Waals surface area contributed by atoms with Crippen LogP contribution in [0.5, 0.6) is 0 Å². The second-order valence-electron chi connectivity index (χ2n) is 4.69. The molecule has 4 heteroatoms. The van der Waals surface area contributed by atoms with Gasteiger partial charge in [0.1, 0.15) is 5.69 Å². The topological polar surface area (TPSA) is 53.0 Å². The van der Waals surface area contributed by atoms with Gasteiger partial charge in [-0.1, -0.05) is 23.2 Å². The number of nitrogens with zero attached hydrogens (tertiary/aromatic N) is 3. The summed E-state index contributed by atoms with van der Waals surface area (Å²) in [7, 11) is 0. The Bertz CT molecular complexity index is 312. The van der Waals surface area contributed by atoms with Gasteiger partial charge in [-0.15, -0.1) is 0 Å². The fourth-order valence-electron chi connectivity index (χ4n) is 2.94. The van der Waals surface area contributed by atoms with Gasteiger partial charge in [0, 0.05) is 6.04 Å². The van der Waals surface area contributed by atoms with Crippen LogP contribution in [0.25, 0.3) is 0 Å². The highest BCUT2D eigenvalue weighted by Crippen LogP contribution is 2.37. The monoisotopic (exact) mass is 206 g/mol. The van der Waals surface area contributed by atoms with Gasteiger partial charge in [0.05, 0.1) is 12.2 Å². The van der Waals surface area contributed by atoms with Crippen LogP contribution in [0.4, 0.5) is 0 Å². The van der Waals surface area contributed by atoms with Gasteiger partial charge in [-0.25, -0.2) is 9.95 Å². The molecule has 0 aromatic carbocycles. The summed E-state index contributed by atoms with van der Waals surface area (Å²) in [4.78, 5) is 0. The van der Waals surface area contributed by atoms with Crippen LogP contribution in [-0.4, -0.2) is 16.4 Å². The van der Waals surface area contributed by atoms with E-state index in [1.54, 1.807) is 6.20 Å². The first kappa shape index (κ1) is 9.33. The Hall–Kier alpha value is -0.900. The lowest BCUT2D eigenvalue weighted by molar-refractivity contribution is 0.167. The smallest absolute Gasteiger partial charge is 0.123 e. The molecule has 3 atom stereocenters. The molecule has 0 spiro atoms. The van der Waals surface area contributed by atoms with Crippen molar-refractivity contribution in [2.75, 3.05) is 0 Å². The molecule has 3 unspecified atom stereocenters. The van der Waals surface area contributed by atoms with Crippen LogP contribution in [0.2, 0.25) is 0 Å². The standard InChI is InChI=1S/C11H16N3O/c1-2-4-9-8(3-1)5-6-10(13-9)11-7-12-15-14-11/h7-10H,1-6H2. The number of aromatic nitrogens is 2. The highest BCUT2D eigenvalue weighted by Gasteiger charge is 2.34. The van der Waals surface area contributed by atoms with E-state index in [-0.39, 0.29) is 6.04 Å².